The third-order valence-electron chi connectivity index (χ3n) is 3.97. The second-order valence-electron chi connectivity index (χ2n) is 5.91. The third-order valence-corrected chi connectivity index (χ3v) is 4.85. The van der Waals surface area contributed by atoms with E-state index in [9.17, 15) is 4.79 Å². The van der Waals surface area contributed by atoms with Crippen LogP contribution in [-0.2, 0) is 11.2 Å². The van der Waals surface area contributed by atoms with Gasteiger partial charge >= 0.3 is 0 Å². The quantitative estimate of drug-likeness (QED) is 0.634. The molecule has 3 rings (SSSR count). The Morgan fingerprint density at radius 1 is 1.12 bits per heavy atom. The maximum Gasteiger partial charge on any atom is 0.226 e. The molecule has 4 nitrogen and oxygen atoms in total. The highest BCUT2D eigenvalue weighted by Gasteiger charge is 2.12. The molecule has 3 aromatic rings. The lowest BCUT2D eigenvalue weighted by Crippen LogP contribution is -2.12. The SMILES string of the molecule is CCOc1ccc(CCC(=O)Nc2nc(-c3ccccc3)c(C)s2)cc1. The van der Waals surface area contributed by atoms with E-state index in [1.807, 2.05) is 68.4 Å². The number of nitrogens with one attached hydrogen (secondary N) is 1. The average Bonchev–Trinajstić information content (AvgIpc) is 3.02. The van der Waals surface area contributed by atoms with Crippen LogP contribution in [0, 0.1) is 6.92 Å². The lowest BCUT2D eigenvalue weighted by atomic mass is 10.1. The number of anilines is 1. The van der Waals surface area contributed by atoms with Gasteiger partial charge in [-0.1, -0.05) is 42.5 Å². The van der Waals surface area contributed by atoms with Crippen molar-refractivity contribution in [2.24, 2.45) is 0 Å². The van der Waals surface area contributed by atoms with Gasteiger partial charge in [0.25, 0.3) is 0 Å². The van der Waals surface area contributed by atoms with Crippen molar-refractivity contribution in [1.82, 2.24) is 4.98 Å². The number of thiazole rings is 1. The Bertz CT molecular complexity index is 857. The van der Waals surface area contributed by atoms with Gasteiger partial charge in [0, 0.05) is 16.9 Å². The number of benzene rings is 2. The molecule has 26 heavy (non-hydrogen) atoms. The highest BCUT2D eigenvalue weighted by atomic mass is 32.1. The molecule has 0 atom stereocenters. The lowest BCUT2D eigenvalue weighted by Gasteiger charge is -2.05. The normalized spacial score (nSPS) is 10.5. The maximum atomic E-state index is 12.2. The number of amides is 1. The Hall–Kier alpha value is -2.66. The van der Waals surface area contributed by atoms with Crippen LogP contribution in [0.5, 0.6) is 5.75 Å². The fourth-order valence-corrected chi connectivity index (χ4v) is 3.52. The maximum absolute atomic E-state index is 12.2. The first-order valence-electron chi connectivity index (χ1n) is 8.70. The van der Waals surface area contributed by atoms with Crippen molar-refractivity contribution in [3.63, 3.8) is 0 Å². The molecular formula is C21H22N2O2S. The van der Waals surface area contributed by atoms with E-state index in [0.29, 0.717) is 24.6 Å². The summed E-state index contributed by atoms with van der Waals surface area (Å²) in [6.45, 7) is 4.64. The minimum absolute atomic E-state index is 0.0211. The molecule has 5 heteroatoms. The Kier molecular flexibility index (Phi) is 6.02. The summed E-state index contributed by atoms with van der Waals surface area (Å²) in [7, 11) is 0. The number of hydrogen-bond acceptors (Lipinski definition) is 4. The monoisotopic (exact) mass is 366 g/mol. The van der Waals surface area contributed by atoms with Crippen LogP contribution in [0.4, 0.5) is 5.13 Å². The van der Waals surface area contributed by atoms with Crippen molar-refractivity contribution in [2.75, 3.05) is 11.9 Å². The summed E-state index contributed by atoms with van der Waals surface area (Å²) in [6, 6.07) is 17.9. The van der Waals surface area contributed by atoms with Gasteiger partial charge in [-0.3, -0.25) is 4.79 Å². The van der Waals surface area contributed by atoms with Crippen molar-refractivity contribution < 1.29 is 9.53 Å². The zero-order valence-electron chi connectivity index (χ0n) is 15.0. The van der Waals surface area contributed by atoms with Crippen molar-refractivity contribution >= 4 is 22.4 Å². The number of ether oxygens (including phenoxy) is 1. The predicted octanol–water partition coefficient (Wildman–Crippen LogP) is 5.09. The summed E-state index contributed by atoms with van der Waals surface area (Å²) >= 11 is 1.51. The first kappa shape index (κ1) is 18.1. The van der Waals surface area contributed by atoms with Crippen LogP contribution in [0.2, 0.25) is 0 Å². The molecule has 0 aliphatic rings. The van der Waals surface area contributed by atoms with Gasteiger partial charge in [0.15, 0.2) is 5.13 Å². The standard InChI is InChI=1S/C21H22N2O2S/c1-3-25-18-12-9-16(10-13-18)11-14-19(24)22-21-23-20(15(2)26-21)17-7-5-4-6-8-17/h4-10,12-13H,3,11,14H2,1-2H3,(H,22,23,24). The molecule has 0 radical (unpaired) electrons. The topological polar surface area (TPSA) is 51.2 Å². The van der Waals surface area contributed by atoms with E-state index in [4.69, 9.17) is 4.74 Å². The molecule has 0 saturated carbocycles. The molecule has 0 bridgehead atoms. The van der Waals surface area contributed by atoms with E-state index in [1.165, 1.54) is 11.3 Å². The molecule has 0 aliphatic carbocycles. The van der Waals surface area contributed by atoms with Gasteiger partial charge in [-0.25, -0.2) is 4.98 Å². The van der Waals surface area contributed by atoms with E-state index < -0.39 is 0 Å². The molecule has 0 unspecified atom stereocenters. The molecule has 0 aliphatic heterocycles. The minimum atomic E-state index is -0.0211. The smallest absolute Gasteiger partial charge is 0.226 e. The first-order chi connectivity index (χ1) is 12.7. The zero-order valence-corrected chi connectivity index (χ0v) is 15.8. The highest BCUT2D eigenvalue weighted by Crippen LogP contribution is 2.30. The summed E-state index contributed by atoms with van der Waals surface area (Å²) in [6.07, 6.45) is 1.11. The van der Waals surface area contributed by atoms with Gasteiger partial charge in [-0.2, -0.15) is 0 Å². The Morgan fingerprint density at radius 2 is 1.85 bits per heavy atom. The number of rotatable bonds is 7. The fraction of sp³-hybridized carbons (Fsp3) is 0.238. The molecule has 2 aromatic carbocycles. The molecule has 1 heterocycles. The molecule has 0 spiro atoms. The van der Waals surface area contributed by atoms with Crippen LogP contribution in [0.3, 0.4) is 0 Å². The van der Waals surface area contributed by atoms with Gasteiger partial charge < -0.3 is 10.1 Å². The van der Waals surface area contributed by atoms with E-state index in [-0.39, 0.29) is 5.91 Å². The van der Waals surface area contributed by atoms with Gasteiger partial charge in [-0.05, 0) is 38.0 Å². The van der Waals surface area contributed by atoms with Crippen LogP contribution >= 0.6 is 11.3 Å². The lowest BCUT2D eigenvalue weighted by molar-refractivity contribution is -0.116. The van der Waals surface area contributed by atoms with Crippen LogP contribution in [-0.4, -0.2) is 17.5 Å². The molecule has 134 valence electrons. The average molecular weight is 366 g/mol. The molecule has 1 N–H and O–H groups in total. The second-order valence-corrected chi connectivity index (χ2v) is 7.12. The summed E-state index contributed by atoms with van der Waals surface area (Å²) in [5.41, 5.74) is 3.11. The van der Waals surface area contributed by atoms with Crippen molar-refractivity contribution in [1.29, 1.82) is 0 Å². The second kappa shape index (κ2) is 8.63. The van der Waals surface area contributed by atoms with Gasteiger partial charge in [-0.15, -0.1) is 11.3 Å². The van der Waals surface area contributed by atoms with Gasteiger partial charge in [0.2, 0.25) is 5.91 Å². The van der Waals surface area contributed by atoms with Crippen LogP contribution < -0.4 is 10.1 Å². The Labute approximate surface area is 157 Å². The number of carbonyl (C=O) groups is 1. The first-order valence-corrected chi connectivity index (χ1v) is 9.52. The number of aromatic nitrogens is 1. The summed E-state index contributed by atoms with van der Waals surface area (Å²) < 4.78 is 5.43. The van der Waals surface area contributed by atoms with Gasteiger partial charge in [0.05, 0.1) is 12.3 Å². The largest absolute Gasteiger partial charge is 0.494 e. The number of carbonyl (C=O) groups excluding carboxylic acids is 1. The number of aryl methyl sites for hydroxylation is 2. The number of nitrogens with zero attached hydrogens (tertiary/aromatic N) is 1. The van der Waals surface area contributed by atoms with Crippen LogP contribution in [0.15, 0.2) is 54.6 Å². The zero-order chi connectivity index (χ0) is 18.4. The van der Waals surface area contributed by atoms with Crippen molar-refractivity contribution in [3.8, 4) is 17.0 Å². The predicted molar refractivity (Wildman–Crippen MR) is 107 cm³/mol. The van der Waals surface area contributed by atoms with Crippen LogP contribution in [0.1, 0.15) is 23.8 Å². The minimum Gasteiger partial charge on any atom is -0.494 e. The third kappa shape index (κ3) is 4.70. The van der Waals surface area contributed by atoms with E-state index in [1.54, 1.807) is 0 Å². The fourth-order valence-electron chi connectivity index (χ4n) is 2.67. The van der Waals surface area contributed by atoms with Crippen molar-refractivity contribution in [3.05, 3.63) is 65.0 Å². The Balaban J connectivity index is 1.57. The number of hydrogen-bond donors (Lipinski definition) is 1. The summed E-state index contributed by atoms with van der Waals surface area (Å²) in [5.74, 6) is 0.833. The molecule has 1 aromatic heterocycles. The summed E-state index contributed by atoms with van der Waals surface area (Å²) in [5, 5.41) is 3.57. The van der Waals surface area contributed by atoms with Crippen LogP contribution in [0.25, 0.3) is 11.3 Å². The van der Waals surface area contributed by atoms with E-state index >= 15 is 0 Å². The van der Waals surface area contributed by atoms with Crippen molar-refractivity contribution in [2.45, 2.75) is 26.7 Å². The Morgan fingerprint density at radius 3 is 2.54 bits per heavy atom. The highest BCUT2D eigenvalue weighted by molar-refractivity contribution is 7.16. The molecule has 1 amide bonds. The van der Waals surface area contributed by atoms with E-state index in [2.05, 4.69) is 10.3 Å². The summed E-state index contributed by atoms with van der Waals surface area (Å²) in [4.78, 5) is 17.9. The molecular weight excluding hydrogens is 344 g/mol. The van der Waals surface area contributed by atoms with Gasteiger partial charge in [0.1, 0.15) is 5.75 Å². The molecule has 0 saturated heterocycles. The van der Waals surface area contributed by atoms with E-state index in [0.717, 1.165) is 27.4 Å². The molecule has 0 fully saturated rings.